The van der Waals surface area contributed by atoms with Crippen molar-refractivity contribution < 1.29 is 22.7 Å². The maximum Gasteiger partial charge on any atom is 0.416 e. The number of benzene rings is 1. The van der Waals surface area contributed by atoms with Crippen LogP contribution in [-0.4, -0.2) is 66.2 Å². The van der Waals surface area contributed by atoms with Crippen LogP contribution in [0.25, 0.3) is 0 Å². The molecule has 162 valence electrons. The monoisotopic (exact) mass is 422 g/mol. The van der Waals surface area contributed by atoms with Crippen LogP contribution in [0.3, 0.4) is 0 Å². The first-order valence-corrected chi connectivity index (χ1v) is 9.72. The van der Waals surface area contributed by atoms with Crippen LogP contribution in [0.15, 0.2) is 29.3 Å². The van der Waals surface area contributed by atoms with E-state index in [-0.39, 0.29) is 18.7 Å². The van der Waals surface area contributed by atoms with E-state index in [0.717, 1.165) is 12.1 Å². The number of fused-ring (bicyclic) bond motifs is 1. The SMILES string of the molecule is CC(C)(C)OC(=O)N1CCN2C(NCC#Cc3cccc(C(F)(F)F)c3)=NCC2C1. The molecular formula is C21H25F3N4O2. The van der Waals surface area contributed by atoms with Crippen LogP contribution in [0.2, 0.25) is 0 Å². The van der Waals surface area contributed by atoms with Crippen molar-refractivity contribution in [2.24, 2.45) is 4.99 Å². The van der Waals surface area contributed by atoms with Crippen LogP contribution in [0.4, 0.5) is 18.0 Å². The zero-order chi connectivity index (χ0) is 21.9. The third-order valence-corrected chi connectivity index (χ3v) is 4.62. The summed E-state index contributed by atoms with van der Waals surface area (Å²) >= 11 is 0. The zero-order valence-corrected chi connectivity index (χ0v) is 17.2. The number of guanidine groups is 1. The Bertz CT molecular complexity index is 881. The highest BCUT2D eigenvalue weighted by molar-refractivity contribution is 5.82. The zero-order valence-electron chi connectivity index (χ0n) is 17.2. The van der Waals surface area contributed by atoms with E-state index in [9.17, 15) is 18.0 Å². The molecule has 6 nitrogen and oxygen atoms in total. The van der Waals surface area contributed by atoms with Gasteiger partial charge in [-0.3, -0.25) is 4.99 Å². The minimum atomic E-state index is -4.38. The van der Waals surface area contributed by atoms with Gasteiger partial charge in [0.1, 0.15) is 5.60 Å². The summed E-state index contributed by atoms with van der Waals surface area (Å²) in [4.78, 5) is 20.5. The third kappa shape index (κ3) is 5.59. The first kappa shape index (κ1) is 21.8. The number of nitrogens with zero attached hydrogens (tertiary/aromatic N) is 3. The van der Waals surface area contributed by atoms with Crippen LogP contribution in [0.5, 0.6) is 0 Å². The average Bonchev–Trinajstić information content (AvgIpc) is 3.06. The van der Waals surface area contributed by atoms with E-state index in [2.05, 4.69) is 27.0 Å². The number of alkyl halides is 3. The predicted molar refractivity (Wildman–Crippen MR) is 107 cm³/mol. The summed E-state index contributed by atoms with van der Waals surface area (Å²) in [6, 6.07) is 5.02. The highest BCUT2D eigenvalue weighted by Gasteiger charge is 2.36. The molecule has 9 heteroatoms. The topological polar surface area (TPSA) is 57.2 Å². The molecule has 1 amide bonds. The minimum absolute atomic E-state index is 0.0743. The Morgan fingerprint density at radius 2 is 2.07 bits per heavy atom. The number of halogens is 3. The maximum absolute atomic E-state index is 12.8. The van der Waals surface area contributed by atoms with Gasteiger partial charge in [0.25, 0.3) is 0 Å². The number of aliphatic imine (C=N–C) groups is 1. The molecule has 1 saturated heterocycles. The summed E-state index contributed by atoms with van der Waals surface area (Å²) in [7, 11) is 0. The Labute approximate surface area is 174 Å². The Morgan fingerprint density at radius 3 is 2.77 bits per heavy atom. The number of rotatable bonds is 1. The highest BCUT2D eigenvalue weighted by atomic mass is 19.4. The lowest BCUT2D eigenvalue weighted by Crippen LogP contribution is -2.57. The Kier molecular flexibility index (Phi) is 6.15. The molecule has 0 saturated carbocycles. The molecule has 0 bridgehead atoms. The number of piperazine rings is 1. The molecule has 1 N–H and O–H groups in total. The summed E-state index contributed by atoms with van der Waals surface area (Å²) in [6.45, 7) is 8.00. The molecule has 2 heterocycles. The normalized spacial score (nSPS) is 18.9. The van der Waals surface area contributed by atoms with Crippen molar-refractivity contribution in [1.82, 2.24) is 15.1 Å². The second kappa shape index (κ2) is 8.46. The van der Waals surface area contributed by atoms with E-state index in [1.165, 1.54) is 6.07 Å². The van der Waals surface area contributed by atoms with E-state index in [0.29, 0.717) is 37.7 Å². The summed E-state index contributed by atoms with van der Waals surface area (Å²) in [5.41, 5.74) is -0.942. The molecule has 2 aliphatic heterocycles. The Hall–Kier alpha value is -2.89. The number of carbonyl (C=O) groups is 1. The highest BCUT2D eigenvalue weighted by Crippen LogP contribution is 2.29. The van der Waals surface area contributed by atoms with Crippen LogP contribution in [0, 0.1) is 11.8 Å². The summed E-state index contributed by atoms with van der Waals surface area (Å²) in [5, 5.41) is 3.12. The average molecular weight is 422 g/mol. The maximum atomic E-state index is 12.8. The second-order valence-electron chi connectivity index (χ2n) is 8.17. The van der Waals surface area contributed by atoms with Crippen molar-refractivity contribution in [3.8, 4) is 11.8 Å². The van der Waals surface area contributed by atoms with Gasteiger partial charge in [-0.25, -0.2) is 4.79 Å². The number of hydrogen-bond acceptors (Lipinski definition) is 5. The van der Waals surface area contributed by atoms with Crippen molar-refractivity contribution in [3.63, 3.8) is 0 Å². The van der Waals surface area contributed by atoms with Gasteiger partial charge in [0, 0.05) is 25.2 Å². The Balaban J connectivity index is 1.51. The molecule has 1 fully saturated rings. The van der Waals surface area contributed by atoms with Crippen LogP contribution in [-0.2, 0) is 10.9 Å². The fourth-order valence-electron chi connectivity index (χ4n) is 3.27. The van der Waals surface area contributed by atoms with Crippen LogP contribution >= 0.6 is 0 Å². The number of carbonyl (C=O) groups excluding carboxylic acids is 1. The number of nitrogens with one attached hydrogen (secondary N) is 1. The van der Waals surface area contributed by atoms with Gasteiger partial charge in [-0.15, -0.1) is 0 Å². The molecule has 1 aromatic rings. The van der Waals surface area contributed by atoms with E-state index in [4.69, 9.17) is 4.74 Å². The molecule has 3 rings (SSSR count). The smallest absolute Gasteiger partial charge is 0.416 e. The fourth-order valence-corrected chi connectivity index (χ4v) is 3.27. The third-order valence-electron chi connectivity index (χ3n) is 4.62. The molecule has 0 aromatic heterocycles. The molecule has 30 heavy (non-hydrogen) atoms. The summed E-state index contributed by atoms with van der Waals surface area (Å²) in [5.74, 6) is 6.27. The largest absolute Gasteiger partial charge is 0.444 e. The van der Waals surface area contributed by atoms with Crippen molar-refractivity contribution in [2.75, 3.05) is 32.7 Å². The van der Waals surface area contributed by atoms with Gasteiger partial charge >= 0.3 is 12.3 Å². The van der Waals surface area contributed by atoms with Crippen LogP contribution in [0.1, 0.15) is 31.9 Å². The second-order valence-corrected chi connectivity index (χ2v) is 8.17. The quantitative estimate of drug-likeness (QED) is 0.707. The predicted octanol–water partition coefficient (Wildman–Crippen LogP) is 2.94. The van der Waals surface area contributed by atoms with Gasteiger partial charge in [0.2, 0.25) is 0 Å². The van der Waals surface area contributed by atoms with Gasteiger partial charge in [0.15, 0.2) is 5.96 Å². The number of ether oxygens (including phenoxy) is 1. The van der Waals surface area contributed by atoms with Gasteiger partial charge in [0.05, 0.1) is 24.7 Å². The summed E-state index contributed by atoms with van der Waals surface area (Å²) in [6.07, 6.45) is -4.71. The first-order valence-electron chi connectivity index (χ1n) is 9.72. The van der Waals surface area contributed by atoms with Crippen LogP contribution < -0.4 is 5.32 Å². The lowest BCUT2D eigenvalue weighted by Gasteiger charge is -2.39. The lowest BCUT2D eigenvalue weighted by atomic mass is 10.1. The van der Waals surface area contributed by atoms with E-state index < -0.39 is 17.3 Å². The van der Waals surface area contributed by atoms with Crippen molar-refractivity contribution in [2.45, 2.75) is 38.6 Å². The van der Waals surface area contributed by atoms with Gasteiger partial charge in [-0.2, -0.15) is 13.2 Å². The van der Waals surface area contributed by atoms with Crippen molar-refractivity contribution in [1.29, 1.82) is 0 Å². The van der Waals surface area contributed by atoms with Gasteiger partial charge in [-0.1, -0.05) is 17.9 Å². The molecule has 1 atom stereocenters. The van der Waals surface area contributed by atoms with E-state index >= 15 is 0 Å². The molecule has 1 unspecified atom stereocenters. The summed E-state index contributed by atoms with van der Waals surface area (Å²) < 4.78 is 43.7. The van der Waals surface area contributed by atoms with Crippen molar-refractivity contribution >= 4 is 12.1 Å². The Morgan fingerprint density at radius 1 is 1.30 bits per heavy atom. The standard InChI is InChI=1S/C21H25F3N4O2/c1-20(2,3)30-19(29)27-10-11-28-17(14-27)13-26-18(28)25-9-5-7-15-6-4-8-16(12-15)21(22,23)24/h4,6,8,12,17H,9-11,13-14H2,1-3H3,(H,25,26). The molecule has 2 aliphatic rings. The minimum Gasteiger partial charge on any atom is -0.444 e. The lowest BCUT2D eigenvalue weighted by molar-refractivity contribution is -0.137. The van der Waals surface area contributed by atoms with E-state index in [1.807, 2.05) is 20.8 Å². The van der Waals surface area contributed by atoms with Gasteiger partial charge < -0.3 is 19.9 Å². The van der Waals surface area contributed by atoms with E-state index in [1.54, 1.807) is 11.0 Å². The fraction of sp³-hybridized carbons (Fsp3) is 0.524. The molecule has 1 aromatic carbocycles. The number of hydrogen-bond donors (Lipinski definition) is 1. The van der Waals surface area contributed by atoms with Crippen molar-refractivity contribution in [3.05, 3.63) is 35.4 Å². The molecular weight excluding hydrogens is 397 g/mol. The van der Waals surface area contributed by atoms with Gasteiger partial charge in [-0.05, 0) is 39.0 Å². The molecule has 0 radical (unpaired) electrons. The first-order chi connectivity index (χ1) is 14.0. The number of amides is 1. The molecule has 0 spiro atoms. The molecule has 0 aliphatic carbocycles.